The van der Waals surface area contributed by atoms with E-state index in [9.17, 15) is 48.2 Å². The molecule has 3 aromatic heterocycles. The first-order chi connectivity index (χ1) is 54.8. The molecule has 0 saturated carbocycles. The van der Waals surface area contributed by atoms with Gasteiger partial charge in [-0.25, -0.2) is 15.0 Å². The molecule has 1 aliphatic heterocycles. The largest absolute Gasteiger partial charge is 3.00 e. The zero-order chi connectivity index (χ0) is 83.2. The van der Waals surface area contributed by atoms with Gasteiger partial charge in [0.25, 0.3) is 7.37 Å². The Bertz CT molecular complexity index is 5210. The van der Waals surface area contributed by atoms with Crippen LogP contribution in [0.1, 0.15) is 50.5 Å². The van der Waals surface area contributed by atoms with E-state index in [1.807, 2.05) is 9.80 Å². The van der Waals surface area contributed by atoms with Crippen molar-refractivity contribution >= 4 is 114 Å². The van der Waals surface area contributed by atoms with Crippen LogP contribution in [-0.4, -0.2) is 129 Å². The van der Waals surface area contributed by atoms with Gasteiger partial charge in [-0.15, -0.1) is 0 Å². The molecule has 6 aromatic carbocycles. The molecule has 121 heavy (non-hydrogen) atoms. The van der Waals surface area contributed by atoms with Gasteiger partial charge in [-0.3, -0.25) is 19.3 Å². The minimum atomic E-state index is -4.71. The van der Waals surface area contributed by atoms with Crippen molar-refractivity contribution in [2.75, 3.05) is 52.5 Å². The minimum absolute atomic E-state index is 0. The van der Waals surface area contributed by atoms with Gasteiger partial charge in [-0.05, 0) is 85.0 Å². The van der Waals surface area contributed by atoms with Crippen molar-refractivity contribution in [1.82, 2.24) is 29.7 Å². The molecule has 31 nitrogen and oxygen atoms in total. The molecule has 0 radical (unpaired) electrons. The third-order valence-electron chi connectivity index (χ3n) is 15.6. The number of carbonyl (C=O) groups excluding carboxylic acids is 10. The Labute approximate surface area is 874 Å². The number of benzene rings is 6. The maximum atomic E-state index is 14.6. The molecule has 10 rings (SSSR count). The van der Waals surface area contributed by atoms with Crippen LogP contribution in [-0.2, 0) is 81.3 Å². The van der Waals surface area contributed by atoms with Gasteiger partial charge < -0.3 is 72.0 Å². The summed E-state index contributed by atoms with van der Waals surface area (Å²) in [5, 5.41) is 25.6. The Hall–Kier alpha value is -5.46. The molecule has 0 bridgehead atoms. The molecule has 1 saturated heterocycles. The summed E-state index contributed by atoms with van der Waals surface area (Å²) in [5.74, 6) is 15.2. The van der Waals surface area contributed by atoms with E-state index < -0.39 is 47.3 Å². The maximum Gasteiger partial charge on any atom is 3.00 e. The molecular weight excluding hydrogens is 1850 g/mol. The molecule has 4 heterocycles. The van der Waals surface area contributed by atoms with Crippen LogP contribution in [0.4, 0.5) is 5.69 Å². The summed E-state index contributed by atoms with van der Waals surface area (Å²) in [4.78, 5) is 154. The first-order valence-electron chi connectivity index (χ1n) is 32.5. The fourth-order valence-corrected chi connectivity index (χ4v) is 14.9. The average Bonchev–Trinajstić information content (AvgIpc) is 0.883. The standard InChI is InChI=1S/C75H64N7O16P3S.4CO2.Eu.6Na/c1-93-60-42-67(95-3)65(69(44-60)97-49-74(83)84)28-24-54-37-58(78-72(40-54)100(89,90)63-16-10-6-11-17-63)47-81-32-30-80(46-57-36-53(21-20-52-22-26-56(27-23-52)76-51-102)39-71(77-57)99(87,88)62-14-8-5-9-15-62)31-33-82(35-34-81)48-59-38-55(41-73(79-59)101(91,92)64-18-12-7-13-19-64)25-29-66-68(96-4)43-61(94-2)45-70(66)98-50-75(85)86;4*2-1-3;;;;;;;/h5-19,22-23,26-27,36-45H,1-4,30-35,46-50H2,(H,83,84)(H,85,86)(H,87,88)(H,89,90)(H,91,92);;;;;;;;;;;/q-4;;;;;+3;6*+1/p-4. The summed E-state index contributed by atoms with van der Waals surface area (Å²) in [5.41, 5.74) is 2.17. The summed E-state index contributed by atoms with van der Waals surface area (Å²) in [7, 11) is 0.0938. The third-order valence-corrected chi connectivity index (χ3v) is 21.2. The van der Waals surface area contributed by atoms with Crippen molar-refractivity contribution < 1.29 is 342 Å². The van der Waals surface area contributed by atoms with Gasteiger partial charge in [-0.1, -0.05) is 114 Å². The number of aliphatic carboxylic acids is 2. The Morgan fingerprint density at radius 3 is 1.02 bits per heavy atom. The molecule has 0 spiro atoms. The predicted octanol–water partition coefficient (Wildman–Crippen LogP) is -16.3. The number of carboxylic acid groups (broad SMARTS) is 2. The van der Waals surface area contributed by atoms with Crippen molar-refractivity contribution in [1.29, 1.82) is 0 Å². The van der Waals surface area contributed by atoms with E-state index in [1.54, 1.807) is 109 Å². The first-order valence-corrected chi connectivity index (χ1v) is 37.9. The molecule has 9 aromatic rings. The van der Waals surface area contributed by atoms with E-state index in [0.717, 1.165) is 0 Å². The van der Waals surface area contributed by atoms with Crippen LogP contribution in [0.5, 0.6) is 34.5 Å². The summed E-state index contributed by atoms with van der Waals surface area (Å²) < 4.78 is 75.9. The molecule has 588 valence electrons. The molecule has 1 aliphatic rings. The van der Waals surface area contributed by atoms with Crippen molar-refractivity contribution in [2.24, 2.45) is 4.99 Å². The number of ether oxygens (including phenoxy) is 6. The van der Waals surface area contributed by atoms with Crippen molar-refractivity contribution in [3.63, 3.8) is 0 Å². The first kappa shape index (κ1) is 118. The Morgan fingerprint density at radius 2 is 0.711 bits per heavy atom. The summed E-state index contributed by atoms with van der Waals surface area (Å²) >= 11 is 4.78. The number of hydrogen-bond donors (Lipinski definition) is 1. The minimum Gasteiger partial charge on any atom is -0.792 e. The van der Waals surface area contributed by atoms with E-state index in [2.05, 4.69) is 79.0 Å². The van der Waals surface area contributed by atoms with Gasteiger partial charge >= 0.3 is 251 Å². The molecule has 42 heteroatoms. The number of hydrogen-bond acceptors (Lipinski definition) is 31. The molecule has 0 amide bonds. The van der Waals surface area contributed by atoms with Gasteiger partial charge in [0.2, 0.25) is 0 Å². The summed E-state index contributed by atoms with van der Waals surface area (Å²) in [6.07, 6.45) is 1.00. The molecule has 0 aliphatic carbocycles. The van der Waals surface area contributed by atoms with Gasteiger partial charge in [0.15, 0.2) is 0 Å². The number of thiocarbonyl (C=S) groups is 1. The number of nitrogens with zero attached hydrogens (tertiary/aromatic N) is 7. The molecule has 1 N–H and O–H groups in total. The second-order valence-electron chi connectivity index (χ2n) is 23.0. The van der Waals surface area contributed by atoms with Crippen molar-refractivity contribution in [3.05, 3.63) is 255 Å². The van der Waals surface area contributed by atoms with E-state index in [1.165, 1.54) is 66.7 Å². The number of pyridine rings is 3. The van der Waals surface area contributed by atoms with E-state index in [0.29, 0.717) is 48.7 Å². The van der Waals surface area contributed by atoms with Gasteiger partial charge in [-0.2, -0.15) is 71.8 Å². The quantitative estimate of drug-likeness (QED) is 0.0155. The SMILES string of the molecule is O=C=O.O=C=O.O=C=O.O=C=O.[CH2-]Oc1cc(O[CH2-])c(C#Cc2cc(CN3CCN(Cc4cc(C#Cc5c(O[CH2-])cc(O[CH2-])cc5OCC(=O)[O-])cc(P(=O)([O-])c5ccccc5)n4)CCN(Cc4cc(C#Cc5ccc(N=C=S)cc5)cc(P(=O)(O)c5ccccc5)n4)CC3)nc(P(=O)([O-])c3ccccc3)c2)c(OCC(=O)[O-])c1.[Eu+3].[Na+].[Na+].[Na+].[Na+].[Na+].[Na+]. The van der Waals surface area contributed by atoms with Crippen LogP contribution in [0.15, 0.2) is 181 Å². The summed E-state index contributed by atoms with van der Waals surface area (Å²) in [6.45, 7) is 0.167. The zero-order valence-corrected chi connectivity index (χ0v) is 83.9. The number of aliphatic imine (C=N–C) groups is 1. The van der Waals surface area contributed by atoms with Crippen molar-refractivity contribution in [2.45, 2.75) is 19.6 Å². The Morgan fingerprint density at radius 1 is 0.421 bits per heavy atom. The number of carboxylic acids is 2. The predicted molar refractivity (Wildman–Crippen MR) is 398 cm³/mol. The maximum absolute atomic E-state index is 14.6. The second kappa shape index (κ2) is 61.8. The van der Waals surface area contributed by atoms with E-state index in [-0.39, 0.29) is 384 Å². The summed E-state index contributed by atoms with van der Waals surface area (Å²) in [6, 6.07) is 45.1. The number of carbonyl (C=O) groups is 2. The number of isothiocyanates is 1. The zero-order valence-electron chi connectivity index (χ0n) is 65.9. The smallest absolute Gasteiger partial charge is 0.792 e. The fraction of sp³-hybridized carbons (Fsp3) is 0.139. The molecule has 1 fully saturated rings. The third kappa shape index (κ3) is 37.9. The molecule has 3 unspecified atom stereocenters. The van der Waals surface area contributed by atoms with Gasteiger partial charge in [0.05, 0.1) is 77.0 Å². The fourth-order valence-electron chi connectivity index (χ4n) is 10.6. The van der Waals surface area contributed by atoms with Gasteiger partial charge in [0.1, 0.15) is 52.8 Å². The van der Waals surface area contributed by atoms with E-state index >= 15 is 0 Å². The molecular formula is C79H60EuN7Na6O24P3S+. The Kier molecular flexibility index (Phi) is 60.1. The Balaban J connectivity index is 0. The van der Waals surface area contributed by atoms with Crippen molar-refractivity contribution in [3.8, 4) is 70.0 Å². The van der Waals surface area contributed by atoms with E-state index in [4.69, 9.17) is 93.9 Å². The second-order valence-corrected chi connectivity index (χ2v) is 29.4. The van der Waals surface area contributed by atoms with Crippen LogP contribution in [0.2, 0.25) is 0 Å². The molecule has 3 atom stereocenters. The van der Waals surface area contributed by atoms with Crippen LogP contribution < -0.4 is 258 Å². The van der Waals surface area contributed by atoms with Crippen LogP contribution >= 0.6 is 34.3 Å². The van der Waals surface area contributed by atoms with Crippen LogP contribution in [0.3, 0.4) is 0 Å². The monoisotopic (exact) mass is 1910 g/mol. The number of aromatic nitrogens is 3. The average molecular weight is 1910 g/mol. The number of rotatable bonds is 23. The topological polar surface area (TPSA) is 451 Å². The van der Waals surface area contributed by atoms with Gasteiger partial charge in [0, 0.05) is 121 Å². The van der Waals surface area contributed by atoms with Crippen LogP contribution in [0.25, 0.3) is 0 Å². The van der Waals surface area contributed by atoms with Crippen LogP contribution in [0, 0.1) is 113 Å². The normalized spacial score (nSPS) is 12.4.